The second-order valence-electron chi connectivity index (χ2n) is 7.08. The van der Waals surface area contributed by atoms with Crippen molar-refractivity contribution < 1.29 is 14.4 Å². The number of carbonyl (C=O) groups excluding carboxylic acids is 3. The fraction of sp³-hybridized carbons (Fsp3) is 0.526. The molecule has 0 aromatic heterocycles. The van der Waals surface area contributed by atoms with Gasteiger partial charge in [-0.2, -0.15) is 0 Å². The minimum atomic E-state index is -0.267. The summed E-state index contributed by atoms with van der Waals surface area (Å²) in [6.45, 7) is 2.93. The second kappa shape index (κ2) is 8.64. The number of hydrogen-bond acceptors (Lipinski definition) is 4. The molecule has 142 valence electrons. The van der Waals surface area contributed by atoms with Crippen LogP contribution in [0.2, 0.25) is 0 Å². The maximum Gasteiger partial charge on any atom is 0.261 e. The van der Waals surface area contributed by atoms with E-state index in [2.05, 4.69) is 5.32 Å². The van der Waals surface area contributed by atoms with E-state index < -0.39 is 0 Å². The molecule has 0 radical (unpaired) electrons. The number of hydrogen-bond donors (Lipinski definition) is 2. The molecular weight excluding hydrogens is 354 g/mol. The number of fused-ring (bicyclic) bond motifs is 1. The van der Waals surface area contributed by atoms with Gasteiger partial charge in [-0.15, -0.1) is 12.4 Å². The third-order valence-corrected chi connectivity index (χ3v) is 5.13. The van der Waals surface area contributed by atoms with E-state index in [0.29, 0.717) is 29.8 Å². The van der Waals surface area contributed by atoms with Crippen molar-refractivity contribution in [2.45, 2.75) is 45.1 Å². The number of halogens is 1. The van der Waals surface area contributed by atoms with Crippen LogP contribution in [0.1, 0.15) is 70.1 Å². The van der Waals surface area contributed by atoms with Gasteiger partial charge in [-0.3, -0.25) is 19.3 Å². The Morgan fingerprint density at radius 2 is 1.85 bits per heavy atom. The van der Waals surface area contributed by atoms with Gasteiger partial charge in [0.15, 0.2) is 0 Å². The third-order valence-electron chi connectivity index (χ3n) is 5.13. The molecule has 1 atom stereocenters. The molecule has 3 N–H and O–H groups in total. The van der Waals surface area contributed by atoms with Gasteiger partial charge in [0.1, 0.15) is 0 Å². The topological polar surface area (TPSA) is 92.5 Å². The van der Waals surface area contributed by atoms with E-state index >= 15 is 0 Å². The van der Waals surface area contributed by atoms with Crippen molar-refractivity contribution in [2.75, 3.05) is 13.1 Å². The van der Waals surface area contributed by atoms with Crippen molar-refractivity contribution in [3.05, 3.63) is 34.9 Å². The molecule has 0 bridgehead atoms. The fourth-order valence-corrected chi connectivity index (χ4v) is 3.52. The molecule has 1 aromatic rings. The van der Waals surface area contributed by atoms with E-state index in [-0.39, 0.29) is 42.1 Å². The van der Waals surface area contributed by atoms with Crippen LogP contribution in [-0.2, 0) is 0 Å². The largest absolute Gasteiger partial charge is 0.352 e. The van der Waals surface area contributed by atoms with Gasteiger partial charge in [-0.05, 0) is 43.5 Å². The summed E-state index contributed by atoms with van der Waals surface area (Å²) in [4.78, 5) is 39.1. The average Bonchev–Trinajstić information content (AvgIpc) is 2.90. The first kappa shape index (κ1) is 20.4. The van der Waals surface area contributed by atoms with Gasteiger partial charge in [0, 0.05) is 18.2 Å². The zero-order valence-electron chi connectivity index (χ0n) is 15.0. The van der Waals surface area contributed by atoms with Gasteiger partial charge in [0.2, 0.25) is 0 Å². The Bertz CT molecular complexity index is 701. The normalized spacial score (nSPS) is 18.3. The molecule has 1 unspecified atom stereocenters. The number of nitrogens with zero attached hydrogens (tertiary/aromatic N) is 1. The summed E-state index contributed by atoms with van der Waals surface area (Å²) >= 11 is 0. The monoisotopic (exact) mass is 379 g/mol. The van der Waals surface area contributed by atoms with Crippen LogP contribution in [0.5, 0.6) is 0 Å². The maximum absolute atomic E-state index is 12.8. The smallest absolute Gasteiger partial charge is 0.261 e. The van der Waals surface area contributed by atoms with Crippen molar-refractivity contribution in [1.82, 2.24) is 10.2 Å². The molecule has 1 aromatic carbocycles. The van der Waals surface area contributed by atoms with Crippen molar-refractivity contribution in [2.24, 2.45) is 11.7 Å². The van der Waals surface area contributed by atoms with Gasteiger partial charge in [-0.25, -0.2) is 0 Å². The lowest BCUT2D eigenvalue weighted by molar-refractivity contribution is 0.0549. The minimum Gasteiger partial charge on any atom is -0.352 e. The average molecular weight is 380 g/mol. The van der Waals surface area contributed by atoms with Crippen LogP contribution in [0.25, 0.3) is 0 Å². The standard InChI is InChI=1S/C19H25N3O3.ClH/c1-12(10-20)11-21-17(23)13-7-8-15-16(9-13)19(25)22(18(15)24)14-5-3-2-4-6-14;/h7-9,12,14H,2-6,10-11,20H2,1H3,(H,21,23);1H. The van der Waals surface area contributed by atoms with E-state index in [1.807, 2.05) is 6.92 Å². The Kier molecular flexibility index (Phi) is 6.78. The van der Waals surface area contributed by atoms with Crippen LogP contribution in [-0.4, -0.2) is 41.8 Å². The number of rotatable bonds is 5. The van der Waals surface area contributed by atoms with Crippen LogP contribution in [0.3, 0.4) is 0 Å². The van der Waals surface area contributed by atoms with E-state index in [0.717, 1.165) is 32.1 Å². The van der Waals surface area contributed by atoms with Crippen molar-refractivity contribution in [1.29, 1.82) is 0 Å². The van der Waals surface area contributed by atoms with Gasteiger partial charge in [-0.1, -0.05) is 26.2 Å². The first-order valence-corrected chi connectivity index (χ1v) is 9.03. The van der Waals surface area contributed by atoms with E-state index in [4.69, 9.17) is 5.73 Å². The second-order valence-corrected chi connectivity index (χ2v) is 7.08. The molecule has 1 fully saturated rings. The Morgan fingerprint density at radius 3 is 2.50 bits per heavy atom. The molecule has 2 aliphatic rings. The van der Waals surface area contributed by atoms with Crippen molar-refractivity contribution >= 4 is 30.1 Å². The molecule has 6 nitrogen and oxygen atoms in total. The lowest BCUT2D eigenvalue weighted by Gasteiger charge is -2.29. The van der Waals surface area contributed by atoms with E-state index in [1.54, 1.807) is 18.2 Å². The summed E-state index contributed by atoms with van der Waals surface area (Å²) in [5.41, 5.74) is 6.70. The van der Waals surface area contributed by atoms with E-state index in [1.165, 1.54) is 4.90 Å². The lowest BCUT2D eigenvalue weighted by atomic mass is 9.94. The van der Waals surface area contributed by atoms with Gasteiger partial charge < -0.3 is 11.1 Å². The molecular formula is C19H26ClN3O3. The summed E-state index contributed by atoms with van der Waals surface area (Å²) in [5, 5.41) is 2.81. The van der Waals surface area contributed by atoms with E-state index in [9.17, 15) is 14.4 Å². The maximum atomic E-state index is 12.8. The quantitative estimate of drug-likeness (QED) is 0.768. The molecule has 1 aliphatic heterocycles. The highest BCUT2D eigenvalue weighted by atomic mass is 35.5. The van der Waals surface area contributed by atoms with Crippen molar-refractivity contribution in [3.63, 3.8) is 0 Å². The predicted molar refractivity (Wildman–Crippen MR) is 102 cm³/mol. The zero-order chi connectivity index (χ0) is 18.0. The fourth-order valence-electron chi connectivity index (χ4n) is 3.52. The molecule has 3 amide bonds. The highest BCUT2D eigenvalue weighted by Crippen LogP contribution is 2.31. The van der Waals surface area contributed by atoms with Crippen LogP contribution in [0.15, 0.2) is 18.2 Å². The number of nitrogens with one attached hydrogen (secondary N) is 1. The van der Waals surface area contributed by atoms with Gasteiger partial charge in [0.05, 0.1) is 11.1 Å². The number of amides is 3. The molecule has 0 spiro atoms. The Morgan fingerprint density at radius 1 is 1.19 bits per heavy atom. The zero-order valence-corrected chi connectivity index (χ0v) is 15.8. The van der Waals surface area contributed by atoms with Crippen molar-refractivity contribution in [3.8, 4) is 0 Å². The van der Waals surface area contributed by atoms with Gasteiger partial charge in [0.25, 0.3) is 17.7 Å². The summed E-state index contributed by atoms with van der Waals surface area (Å²) in [6.07, 6.45) is 4.99. The molecule has 0 saturated heterocycles. The molecule has 26 heavy (non-hydrogen) atoms. The number of benzene rings is 1. The number of imide groups is 1. The molecule has 7 heteroatoms. The predicted octanol–water partition coefficient (Wildman–Crippen LogP) is 2.36. The SMILES string of the molecule is CC(CN)CNC(=O)c1ccc2c(c1)C(=O)N(C1CCCCC1)C2=O.Cl. The highest BCUT2D eigenvalue weighted by Gasteiger charge is 2.40. The summed E-state index contributed by atoms with van der Waals surface area (Å²) in [7, 11) is 0. The first-order chi connectivity index (χ1) is 12.0. The number of nitrogens with two attached hydrogens (primary N) is 1. The highest BCUT2D eigenvalue weighted by molar-refractivity contribution is 6.22. The van der Waals surface area contributed by atoms with Crippen LogP contribution in [0.4, 0.5) is 0 Å². The van der Waals surface area contributed by atoms with Crippen LogP contribution < -0.4 is 11.1 Å². The Hall–Kier alpha value is -1.92. The van der Waals surface area contributed by atoms with Gasteiger partial charge >= 0.3 is 0 Å². The first-order valence-electron chi connectivity index (χ1n) is 9.03. The minimum absolute atomic E-state index is 0. The van der Waals surface area contributed by atoms with Crippen LogP contribution in [0, 0.1) is 5.92 Å². The Labute approximate surface area is 159 Å². The molecule has 1 heterocycles. The molecule has 3 rings (SSSR count). The summed E-state index contributed by atoms with van der Waals surface area (Å²) in [6, 6.07) is 4.74. The molecule has 1 saturated carbocycles. The molecule has 1 aliphatic carbocycles. The summed E-state index contributed by atoms with van der Waals surface area (Å²) < 4.78 is 0. The third kappa shape index (κ3) is 3.91. The number of carbonyl (C=O) groups is 3. The summed E-state index contributed by atoms with van der Waals surface area (Å²) in [5.74, 6) is -0.560. The lowest BCUT2D eigenvalue weighted by Crippen LogP contribution is -2.40. The van der Waals surface area contributed by atoms with Crippen LogP contribution >= 0.6 is 12.4 Å². The Balaban J connectivity index is 0.00000243.